The molecule has 6 rings (SSSR count). The number of ether oxygens (including phenoxy) is 1. The van der Waals surface area contributed by atoms with Gasteiger partial charge >= 0.3 is 0 Å². The Bertz CT molecular complexity index is 841. The van der Waals surface area contributed by atoms with E-state index >= 15 is 0 Å². The smallest absolute Gasteiger partial charge is 0.188 e. The van der Waals surface area contributed by atoms with Crippen LogP contribution in [0.5, 0.6) is 0 Å². The molecule has 172 valence electrons. The Morgan fingerprint density at radius 1 is 1.03 bits per heavy atom. The molecule has 0 amide bonds. The van der Waals surface area contributed by atoms with Crippen molar-refractivity contribution in [1.82, 2.24) is 0 Å². The molecular weight excluding hydrogens is 384 g/mol. The summed E-state index contributed by atoms with van der Waals surface area (Å²) in [5.74, 6) is 3.10. The fraction of sp³-hybridized carbons (Fsp3) is 0.821. The van der Waals surface area contributed by atoms with Crippen molar-refractivity contribution in [2.45, 2.75) is 104 Å². The summed E-state index contributed by atoms with van der Waals surface area (Å²) in [6.45, 7) is 14.1. The van der Waals surface area contributed by atoms with Crippen LogP contribution in [0.1, 0.15) is 86.5 Å². The van der Waals surface area contributed by atoms with Crippen molar-refractivity contribution in [2.75, 3.05) is 0 Å². The lowest BCUT2D eigenvalue weighted by Crippen LogP contribution is -2.84. The number of allylic oxidation sites excluding steroid dienone is 2. The Morgan fingerprint density at radius 2 is 1.77 bits per heavy atom. The minimum absolute atomic E-state index is 0.136. The highest BCUT2D eigenvalue weighted by Gasteiger charge is 2.81. The lowest BCUT2D eigenvalue weighted by molar-refractivity contribution is -0.375. The molecule has 3 saturated carbocycles. The minimum Gasteiger partial charge on any atom is -0.393 e. The third-order valence-corrected chi connectivity index (χ3v) is 11.0. The molecule has 3 heteroatoms. The zero-order valence-corrected chi connectivity index (χ0v) is 20.4. The predicted octanol–water partition coefficient (Wildman–Crippen LogP) is 5.87. The van der Waals surface area contributed by atoms with Crippen LogP contribution in [0.3, 0.4) is 0 Å². The second kappa shape index (κ2) is 6.79. The van der Waals surface area contributed by atoms with Crippen LogP contribution in [-0.2, 0) is 9.53 Å². The molecule has 0 radical (unpaired) electrons. The highest BCUT2D eigenvalue weighted by Crippen LogP contribution is 2.76. The molecule has 0 unspecified atom stereocenters. The summed E-state index contributed by atoms with van der Waals surface area (Å²) in [4.78, 5) is 13.4. The highest BCUT2D eigenvalue weighted by atomic mass is 16.6. The molecule has 0 aromatic carbocycles. The van der Waals surface area contributed by atoms with Crippen LogP contribution in [0, 0.1) is 40.4 Å². The first-order valence-corrected chi connectivity index (χ1v) is 12.8. The van der Waals surface area contributed by atoms with Gasteiger partial charge in [0, 0.05) is 11.8 Å². The van der Waals surface area contributed by atoms with E-state index in [0.717, 1.165) is 19.3 Å². The Morgan fingerprint density at radius 3 is 2.48 bits per heavy atom. The first-order chi connectivity index (χ1) is 14.5. The summed E-state index contributed by atoms with van der Waals surface area (Å²) in [5.41, 5.74) is 0.402. The molecule has 3 nitrogen and oxygen atoms in total. The molecule has 4 aliphatic carbocycles. The average Bonchev–Trinajstić information content (AvgIpc) is 3.07. The van der Waals surface area contributed by atoms with Crippen molar-refractivity contribution in [3.8, 4) is 0 Å². The summed E-state index contributed by atoms with van der Waals surface area (Å²) in [7, 11) is 0. The van der Waals surface area contributed by atoms with E-state index in [9.17, 15) is 9.90 Å². The molecule has 4 fully saturated rings. The highest BCUT2D eigenvalue weighted by molar-refractivity contribution is 6.02. The van der Waals surface area contributed by atoms with E-state index in [1.54, 1.807) is 0 Å². The number of rotatable bonds is 4. The van der Waals surface area contributed by atoms with Gasteiger partial charge in [-0.2, -0.15) is 0 Å². The van der Waals surface area contributed by atoms with E-state index in [-0.39, 0.29) is 22.2 Å². The fourth-order valence-corrected chi connectivity index (χ4v) is 8.54. The number of carbonyl (C=O) groups is 1. The molecular formula is C28H42O3. The number of hydrogen-bond donors (Lipinski definition) is 1. The third-order valence-electron chi connectivity index (χ3n) is 11.0. The van der Waals surface area contributed by atoms with Crippen LogP contribution in [-0.4, -0.2) is 28.2 Å². The van der Waals surface area contributed by atoms with Gasteiger partial charge in [0.25, 0.3) is 0 Å². The Balaban J connectivity index is 1.45. The molecule has 2 bridgehead atoms. The summed E-state index contributed by atoms with van der Waals surface area (Å²) < 4.78 is 6.71. The number of aliphatic hydroxyl groups excluding tert-OH is 1. The number of carbonyl (C=O) groups excluding carboxylic acids is 1. The zero-order chi connectivity index (χ0) is 22.4. The minimum atomic E-state index is -0.761. The van der Waals surface area contributed by atoms with E-state index in [0.29, 0.717) is 36.0 Å². The first-order valence-electron chi connectivity index (χ1n) is 12.8. The SMILES string of the molecule is CC(C)[C@@H](C)/C=C/[C@@H](C)[C@H]1CC[C@H]2C3=CC(=O)[C@@]45C[C@@H](O)CC[C@]4(C)[C@]3(CC[C@]12C)O5. The van der Waals surface area contributed by atoms with Crippen LogP contribution >= 0.6 is 0 Å². The van der Waals surface area contributed by atoms with Crippen LogP contribution in [0.4, 0.5) is 0 Å². The Hall–Kier alpha value is -0.930. The van der Waals surface area contributed by atoms with Crippen molar-refractivity contribution in [3.63, 3.8) is 0 Å². The van der Waals surface area contributed by atoms with E-state index in [1.807, 2.05) is 6.08 Å². The molecule has 2 aliphatic heterocycles. The van der Waals surface area contributed by atoms with Gasteiger partial charge in [-0.15, -0.1) is 0 Å². The molecule has 31 heavy (non-hydrogen) atoms. The maximum absolute atomic E-state index is 13.4. The normalized spacial score (nSPS) is 50.4. The van der Waals surface area contributed by atoms with Crippen LogP contribution in [0.25, 0.3) is 0 Å². The maximum atomic E-state index is 13.4. The van der Waals surface area contributed by atoms with Gasteiger partial charge in [-0.05, 0) is 85.2 Å². The number of hydrogen-bond acceptors (Lipinski definition) is 3. The third kappa shape index (κ3) is 2.57. The van der Waals surface area contributed by atoms with Crippen LogP contribution in [0.15, 0.2) is 23.8 Å². The number of fused-ring (bicyclic) bond motifs is 2. The molecule has 2 spiro atoms. The largest absolute Gasteiger partial charge is 0.393 e. The van der Waals surface area contributed by atoms with Gasteiger partial charge in [0.2, 0.25) is 0 Å². The van der Waals surface area contributed by atoms with E-state index in [4.69, 9.17) is 4.74 Å². The molecule has 9 atom stereocenters. The molecule has 6 aliphatic rings. The predicted molar refractivity (Wildman–Crippen MR) is 123 cm³/mol. The van der Waals surface area contributed by atoms with Crippen LogP contribution < -0.4 is 0 Å². The Kier molecular flexibility index (Phi) is 4.80. The lowest BCUT2D eigenvalue weighted by Gasteiger charge is -2.76. The average molecular weight is 427 g/mol. The van der Waals surface area contributed by atoms with Crippen molar-refractivity contribution in [2.24, 2.45) is 40.4 Å². The van der Waals surface area contributed by atoms with Gasteiger partial charge in [0.15, 0.2) is 5.78 Å². The van der Waals surface area contributed by atoms with Gasteiger partial charge < -0.3 is 9.84 Å². The molecule has 2 heterocycles. The van der Waals surface area contributed by atoms with Gasteiger partial charge in [-0.3, -0.25) is 4.79 Å². The molecule has 0 aromatic heterocycles. The summed E-state index contributed by atoms with van der Waals surface area (Å²) in [5, 5.41) is 10.3. The summed E-state index contributed by atoms with van der Waals surface area (Å²) >= 11 is 0. The lowest BCUT2D eigenvalue weighted by atomic mass is 9.39. The van der Waals surface area contributed by atoms with Gasteiger partial charge in [0.05, 0.1) is 11.7 Å². The summed E-state index contributed by atoms with van der Waals surface area (Å²) in [6.07, 6.45) is 13.3. The zero-order valence-electron chi connectivity index (χ0n) is 20.4. The molecule has 1 saturated heterocycles. The second-order valence-electron chi connectivity index (χ2n) is 12.5. The Labute approximate surface area is 188 Å². The van der Waals surface area contributed by atoms with Gasteiger partial charge in [-0.25, -0.2) is 0 Å². The topological polar surface area (TPSA) is 46.5 Å². The maximum Gasteiger partial charge on any atom is 0.188 e. The van der Waals surface area contributed by atoms with Crippen molar-refractivity contribution >= 4 is 5.78 Å². The van der Waals surface area contributed by atoms with Crippen molar-refractivity contribution in [1.29, 1.82) is 0 Å². The number of ketones is 1. The number of aliphatic hydroxyl groups is 1. The second-order valence-corrected chi connectivity index (χ2v) is 12.5. The fourth-order valence-electron chi connectivity index (χ4n) is 8.54. The standard InChI is InChI=1S/C28H42O3/c1-17(2)18(3)7-8-19(4)21-9-10-22-23-15-24(30)28-16-20(29)11-12-26(28,6)27(23,31-28)14-13-25(21,22)5/h7-8,15,17-22,29H,9-14,16H2,1-6H3/b8-7+/t18-,19+,20-,21+,22-,25+,26+,27+,28-/m0/s1. The quantitative estimate of drug-likeness (QED) is 0.572. The van der Waals surface area contributed by atoms with E-state index < -0.39 is 11.7 Å². The molecule has 1 N–H and O–H groups in total. The monoisotopic (exact) mass is 426 g/mol. The summed E-state index contributed by atoms with van der Waals surface area (Å²) in [6, 6.07) is 0. The first kappa shape index (κ1) is 21.9. The van der Waals surface area contributed by atoms with Crippen molar-refractivity contribution < 1.29 is 14.6 Å². The van der Waals surface area contributed by atoms with E-state index in [2.05, 4.69) is 53.7 Å². The van der Waals surface area contributed by atoms with Gasteiger partial charge in [0.1, 0.15) is 5.60 Å². The molecule has 0 aromatic rings. The van der Waals surface area contributed by atoms with Crippen LogP contribution in [0.2, 0.25) is 0 Å². The van der Waals surface area contributed by atoms with Crippen molar-refractivity contribution in [3.05, 3.63) is 23.8 Å². The van der Waals surface area contributed by atoms with E-state index in [1.165, 1.54) is 24.8 Å². The van der Waals surface area contributed by atoms with Gasteiger partial charge in [-0.1, -0.05) is 53.7 Å².